The predicted molar refractivity (Wildman–Crippen MR) is 127 cm³/mol. The smallest absolute Gasteiger partial charge is 0.308 e. The Balaban J connectivity index is 1.58. The molecule has 2 aliphatic rings. The lowest BCUT2D eigenvalue weighted by Crippen LogP contribution is -2.45. The number of carbonyl (C=O) groups excluding carboxylic acids is 1. The number of carbonyl (C=O) groups is 2. The molecule has 1 aromatic heterocycles. The van der Waals surface area contributed by atoms with E-state index in [0.29, 0.717) is 56.4 Å². The van der Waals surface area contributed by atoms with Gasteiger partial charge in [0.1, 0.15) is 6.26 Å². The second kappa shape index (κ2) is 11.5. The Morgan fingerprint density at radius 3 is 2.80 bits per heavy atom. The highest BCUT2D eigenvalue weighted by molar-refractivity contribution is 5.79. The third kappa shape index (κ3) is 5.76. The molecule has 3 atom stereocenters. The van der Waals surface area contributed by atoms with Crippen LogP contribution in [0, 0.1) is 5.92 Å². The molecule has 1 aromatic carbocycles. The highest BCUT2D eigenvalue weighted by atomic mass is 16.7. The minimum absolute atomic E-state index is 0.0273. The molecular weight excluding hydrogens is 452 g/mol. The number of nitrogens with zero attached hydrogens (tertiary/aromatic N) is 3. The maximum atomic E-state index is 13.3. The van der Waals surface area contributed by atoms with E-state index in [1.807, 2.05) is 23.1 Å². The van der Waals surface area contributed by atoms with Gasteiger partial charge >= 0.3 is 5.97 Å². The highest BCUT2D eigenvalue weighted by Gasteiger charge is 2.47. The van der Waals surface area contributed by atoms with E-state index >= 15 is 0 Å². The van der Waals surface area contributed by atoms with Crippen LogP contribution in [0.2, 0.25) is 0 Å². The molecule has 0 spiro atoms. The summed E-state index contributed by atoms with van der Waals surface area (Å²) in [6.07, 6.45) is 5.96. The molecule has 0 saturated carbocycles. The molecule has 3 heterocycles. The molecule has 0 aliphatic carbocycles. The van der Waals surface area contributed by atoms with Crippen LogP contribution in [0.1, 0.15) is 43.6 Å². The fourth-order valence-corrected chi connectivity index (χ4v) is 5.12. The molecule has 4 rings (SSSR count). The van der Waals surface area contributed by atoms with Gasteiger partial charge in [0.15, 0.2) is 17.4 Å². The van der Waals surface area contributed by atoms with Gasteiger partial charge in [-0.25, -0.2) is 4.98 Å². The summed E-state index contributed by atoms with van der Waals surface area (Å²) in [4.78, 5) is 33.8. The van der Waals surface area contributed by atoms with Gasteiger partial charge in [0.05, 0.1) is 18.7 Å². The summed E-state index contributed by atoms with van der Waals surface area (Å²) >= 11 is 0. The topological polar surface area (TPSA) is 131 Å². The number of nitrogens with two attached hydrogens (primary N) is 1. The molecule has 0 bridgehead atoms. The van der Waals surface area contributed by atoms with E-state index in [9.17, 15) is 14.7 Å². The number of oxazole rings is 1. The Labute approximate surface area is 205 Å². The first-order chi connectivity index (χ1) is 17.0. The van der Waals surface area contributed by atoms with E-state index in [4.69, 9.17) is 19.6 Å². The average Bonchev–Trinajstić information content (AvgIpc) is 3.59. The number of rotatable bonds is 12. The quantitative estimate of drug-likeness (QED) is 0.463. The Hall–Kier alpha value is -3.11. The number of carboxylic acids is 1. The molecule has 3 N–H and O–H groups in total. The van der Waals surface area contributed by atoms with Crippen LogP contribution in [0.5, 0.6) is 11.5 Å². The Bertz CT molecular complexity index is 998. The van der Waals surface area contributed by atoms with Gasteiger partial charge in [-0.15, -0.1) is 0 Å². The van der Waals surface area contributed by atoms with Crippen molar-refractivity contribution >= 4 is 11.9 Å². The molecule has 35 heavy (non-hydrogen) atoms. The number of ether oxygens (including phenoxy) is 2. The summed E-state index contributed by atoms with van der Waals surface area (Å²) in [7, 11) is 0. The number of hydrogen-bond donors (Lipinski definition) is 2. The third-order valence-corrected chi connectivity index (χ3v) is 6.87. The highest BCUT2D eigenvalue weighted by Crippen LogP contribution is 2.43. The van der Waals surface area contributed by atoms with E-state index in [-0.39, 0.29) is 31.2 Å². The first-order valence-electron chi connectivity index (χ1n) is 12.2. The van der Waals surface area contributed by atoms with Crippen molar-refractivity contribution in [2.75, 3.05) is 39.5 Å². The summed E-state index contributed by atoms with van der Waals surface area (Å²) in [6.45, 7) is 4.35. The van der Waals surface area contributed by atoms with E-state index in [1.165, 1.54) is 6.26 Å². The number of aromatic nitrogens is 1. The number of unbranched alkanes of at least 4 members (excludes halogenated alkanes) is 1. The second-order valence-corrected chi connectivity index (χ2v) is 9.07. The van der Waals surface area contributed by atoms with Gasteiger partial charge in [-0.3, -0.25) is 14.5 Å². The molecule has 2 aliphatic heterocycles. The Morgan fingerprint density at radius 1 is 1.26 bits per heavy atom. The molecule has 1 amide bonds. The number of fused-ring (bicyclic) bond motifs is 1. The molecule has 190 valence electrons. The molecular formula is C25H34N4O6. The summed E-state index contributed by atoms with van der Waals surface area (Å²) in [5, 5.41) is 10.3. The largest absolute Gasteiger partial charge is 0.481 e. The van der Waals surface area contributed by atoms with Crippen LogP contribution in [-0.2, 0) is 16.0 Å². The van der Waals surface area contributed by atoms with Crippen molar-refractivity contribution < 1.29 is 28.6 Å². The van der Waals surface area contributed by atoms with Crippen LogP contribution < -0.4 is 15.2 Å². The zero-order valence-electron chi connectivity index (χ0n) is 20.1. The van der Waals surface area contributed by atoms with Gasteiger partial charge in [0.2, 0.25) is 12.7 Å². The summed E-state index contributed by atoms with van der Waals surface area (Å²) in [6, 6.07) is 5.22. The molecule has 10 heteroatoms. The van der Waals surface area contributed by atoms with E-state index in [0.717, 1.165) is 18.4 Å². The van der Waals surface area contributed by atoms with Crippen LogP contribution >= 0.6 is 0 Å². The van der Waals surface area contributed by atoms with Crippen LogP contribution in [0.3, 0.4) is 0 Å². The molecule has 2 aromatic rings. The summed E-state index contributed by atoms with van der Waals surface area (Å²) in [5.41, 5.74) is 6.62. The van der Waals surface area contributed by atoms with Crippen LogP contribution in [0.15, 0.2) is 35.1 Å². The van der Waals surface area contributed by atoms with Crippen molar-refractivity contribution in [1.82, 2.24) is 14.8 Å². The maximum Gasteiger partial charge on any atom is 0.308 e. The normalized spacial score (nSPS) is 21.4. The van der Waals surface area contributed by atoms with Crippen LogP contribution in [0.25, 0.3) is 0 Å². The van der Waals surface area contributed by atoms with Gasteiger partial charge in [-0.1, -0.05) is 19.4 Å². The first kappa shape index (κ1) is 25.0. The van der Waals surface area contributed by atoms with Crippen molar-refractivity contribution in [1.29, 1.82) is 0 Å². The van der Waals surface area contributed by atoms with Crippen molar-refractivity contribution in [2.24, 2.45) is 11.7 Å². The minimum Gasteiger partial charge on any atom is -0.481 e. The molecule has 1 saturated heterocycles. The Morgan fingerprint density at radius 2 is 2.09 bits per heavy atom. The Kier molecular flexibility index (Phi) is 8.25. The van der Waals surface area contributed by atoms with Crippen molar-refractivity contribution in [3.05, 3.63) is 42.1 Å². The van der Waals surface area contributed by atoms with Gasteiger partial charge < -0.3 is 29.6 Å². The predicted octanol–water partition coefficient (Wildman–Crippen LogP) is 2.09. The lowest BCUT2D eigenvalue weighted by Gasteiger charge is -2.29. The van der Waals surface area contributed by atoms with E-state index < -0.39 is 11.9 Å². The molecule has 10 nitrogen and oxygen atoms in total. The molecule has 0 radical (unpaired) electrons. The number of aliphatic carboxylic acids is 1. The van der Waals surface area contributed by atoms with Gasteiger partial charge in [0.25, 0.3) is 0 Å². The zero-order chi connectivity index (χ0) is 24.8. The number of likely N-dealkylation sites (tertiary alicyclic amines) is 1. The van der Waals surface area contributed by atoms with Crippen molar-refractivity contribution in [2.45, 2.75) is 44.6 Å². The second-order valence-electron chi connectivity index (χ2n) is 9.07. The number of hydrogen-bond acceptors (Lipinski definition) is 8. The van der Waals surface area contributed by atoms with E-state index in [1.54, 1.807) is 11.1 Å². The number of benzene rings is 1. The summed E-state index contributed by atoms with van der Waals surface area (Å²) in [5.74, 6) is -0.0877. The average molecular weight is 487 g/mol. The number of carboxylic acid groups (broad SMARTS) is 1. The zero-order valence-corrected chi connectivity index (χ0v) is 20.1. The minimum atomic E-state index is -0.884. The standard InChI is InChI=1S/C25H34N4O6/c1-2-3-10-28(11-8-26)23(30)15-29-14-18(17-4-6-20-21(13-17)35-16-34-20)24(25(31)32)19(29)5-7-22-27-9-12-33-22/h4,6,9,12-13,18-19,24H,2-3,5,7-8,10-11,14-16,26H2,1H3,(H,31,32). The van der Waals surface area contributed by atoms with Crippen LogP contribution in [-0.4, -0.2) is 77.3 Å². The van der Waals surface area contributed by atoms with Crippen LogP contribution in [0.4, 0.5) is 0 Å². The molecule has 1 fully saturated rings. The fourth-order valence-electron chi connectivity index (χ4n) is 5.12. The SMILES string of the molecule is CCCCN(CCN)C(=O)CN1CC(c2ccc3c(c2)OCO3)C(C(=O)O)C1CCc1ncco1. The number of amides is 1. The van der Waals surface area contributed by atoms with Gasteiger partial charge in [-0.05, 0) is 30.5 Å². The van der Waals surface area contributed by atoms with Gasteiger partial charge in [0, 0.05) is 44.6 Å². The lowest BCUT2D eigenvalue weighted by molar-refractivity contribution is -0.143. The van der Waals surface area contributed by atoms with Gasteiger partial charge in [-0.2, -0.15) is 0 Å². The maximum absolute atomic E-state index is 13.3. The lowest BCUT2D eigenvalue weighted by atomic mass is 9.83. The fraction of sp³-hybridized carbons (Fsp3) is 0.560. The summed E-state index contributed by atoms with van der Waals surface area (Å²) < 4.78 is 16.3. The third-order valence-electron chi connectivity index (χ3n) is 6.87. The number of aryl methyl sites for hydroxylation is 1. The monoisotopic (exact) mass is 486 g/mol. The first-order valence-corrected chi connectivity index (χ1v) is 12.2. The van der Waals surface area contributed by atoms with Crippen molar-refractivity contribution in [3.8, 4) is 11.5 Å². The van der Waals surface area contributed by atoms with Crippen molar-refractivity contribution in [3.63, 3.8) is 0 Å². The molecule has 3 unspecified atom stereocenters. The van der Waals surface area contributed by atoms with E-state index in [2.05, 4.69) is 11.9 Å².